The molecular formula is C57H78ClN11O5S2. The van der Waals surface area contributed by atoms with E-state index >= 15 is 0 Å². The molecule has 2 fully saturated rings. The highest BCUT2D eigenvalue weighted by Gasteiger charge is 2.43. The van der Waals surface area contributed by atoms with Gasteiger partial charge in [-0.2, -0.15) is 0 Å². The first-order chi connectivity index (χ1) is 36.5. The number of anilines is 4. The standard InChI is InChI=1S/C57H78ClN11O5S2/c1-38-20-19-21-44(58)50(38)66-54(73)46-35-61-56(76-46)65-47-33-48(64-40(3)63-47)67-28-30-68(31-29-67)49(71)22-17-15-13-11-9-7-8-10-12-14-16-18-27-59-52(57(4,5)6)55(74)69-36-43(70)32-45(69)53(72)60-34-41-23-25-42(26-24-41)51-39(2)62-37-75-51/h19-21,23-26,33,35,37,43,45,52,59,70H,7-18,22,27-32,34,36H2,1-6H3,(H,60,72)(H,66,73)(H,61,63,64,65)/t43-,45+,52-/m1/s1. The zero-order valence-corrected chi connectivity index (χ0v) is 47.6. The third kappa shape index (κ3) is 16.7. The number of hydrogen-bond acceptors (Lipinski definition) is 14. The van der Waals surface area contributed by atoms with Gasteiger partial charge in [0.05, 0.1) is 45.1 Å². The Labute approximate surface area is 462 Å². The van der Waals surface area contributed by atoms with Crippen LogP contribution in [0.4, 0.5) is 22.5 Å². The number of amides is 4. The van der Waals surface area contributed by atoms with Crippen molar-refractivity contribution < 1.29 is 24.3 Å². The number of rotatable bonds is 26. The van der Waals surface area contributed by atoms with Crippen molar-refractivity contribution in [2.24, 2.45) is 5.41 Å². The maximum Gasteiger partial charge on any atom is 0.267 e. The number of β-amino-alcohol motifs (C(OH)–C–C–N with tert-alkyl or cyclic N) is 1. The number of aromatic nitrogens is 4. The van der Waals surface area contributed by atoms with Crippen molar-refractivity contribution in [3.8, 4) is 10.4 Å². The monoisotopic (exact) mass is 1100 g/mol. The van der Waals surface area contributed by atoms with Crippen LogP contribution in [0.1, 0.15) is 143 Å². The molecule has 5 N–H and O–H groups in total. The van der Waals surface area contributed by atoms with Gasteiger partial charge in [-0.1, -0.05) is 144 Å². The Morgan fingerprint density at radius 1 is 0.842 bits per heavy atom. The SMILES string of the molecule is Cc1nc(Nc2ncc(C(=O)Nc3c(C)cccc3Cl)s2)cc(N2CCN(C(=O)CCCCCCCCCCCCCCN[C@H](C(=O)N3C[C@H](O)C[C@H]3C(=O)NCc3ccc(-c4scnc4C)cc3)C(C)(C)C)CC2)n1. The van der Waals surface area contributed by atoms with Crippen molar-refractivity contribution in [3.05, 3.63) is 92.8 Å². The molecule has 5 aromatic rings. The normalized spacial score (nSPS) is 16.2. The maximum absolute atomic E-state index is 14.0. The molecular weight excluding hydrogens is 1020 g/mol. The zero-order valence-electron chi connectivity index (χ0n) is 45.3. The molecule has 0 bridgehead atoms. The second-order valence-electron chi connectivity index (χ2n) is 21.4. The average molecular weight is 1100 g/mol. The molecule has 76 heavy (non-hydrogen) atoms. The summed E-state index contributed by atoms with van der Waals surface area (Å²) in [6.07, 6.45) is 15.3. The number of nitrogens with zero attached hydrogens (tertiary/aromatic N) is 7. The largest absolute Gasteiger partial charge is 0.391 e. The number of hydrogen-bond donors (Lipinski definition) is 5. The minimum absolute atomic E-state index is 0.131. The topological polar surface area (TPSA) is 198 Å². The lowest BCUT2D eigenvalue weighted by Gasteiger charge is -2.35. The van der Waals surface area contributed by atoms with Crippen LogP contribution in [0.3, 0.4) is 0 Å². The molecule has 3 atom stereocenters. The smallest absolute Gasteiger partial charge is 0.267 e. The summed E-state index contributed by atoms with van der Waals surface area (Å²) in [5.74, 6) is 1.54. The number of benzene rings is 2. The fraction of sp³-hybridized carbons (Fsp3) is 0.544. The van der Waals surface area contributed by atoms with Crippen LogP contribution in [-0.4, -0.2) is 116 Å². The van der Waals surface area contributed by atoms with Crippen LogP contribution in [0, 0.1) is 26.2 Å². The van der Waals surface area contributed by atoms with E-state index in [1.165, 1.54) is 56.1 Å². The van der Waals surface area contributed by atoms with Crippen molar-refractivity contribution in [1.82, 2.24) is 40.4 Å². The number of piperazine rings is 1. The summed E-state index contributed by atoms with van der Waals surface area (Å²) in [4.78, 5) is 78.9. The van der Waals surface area contributed by atoms with Gasteiger partial charge < -0.3 is 41.1 Å². The number of thiazole rings is 2. The highest BCUT2D eigenvalue weighted by molar-refractivity contribution is 7.17. The number of aliphatic hydroxyl groups is 1. The summed E-state index contributed by atoms with van der Waals surface area (Å²) in [6.45, 7) is 15.8. The number of carbonyl (C=O) groups is 4. The van der Waals surface area contributed by atoms with Crippen LogP contribution in [-0.2, 0) is 20.9 Å². The Bertz CT molecular complexity index is 2680. The number of carbonyl (C=O) groups excluding carboxylic acids is 4. The van der Waals surface area contributed by atoms with E-state index in [0.717, 1.165) is 78.1 Å². The lowest BCUT2D eigenvalue weighted by atomic mass is 9.85. The Morgan fingerprint density at radius 3 is 2.16 bits per heavy atom. The van der Waals surface area contributed by atoms with Crippen molar-refractivity contribution >= 4 is 80.4 Å². The summed E-state index contributed by atoms with van der Waals surface area (Å²) >= 11 is 9.14. The van der Waals surface area contributed by atoms with Crippen LogP contribution in [0.25, 0.3) is 10.4 Å². The quantitative estimate of drug-likeness (QED) is 0.0329. The van der Waals surface area contributed by atoms with Gasteiger partial charge in [-0.3, -0.25) is 19.2 Å². The van der Waals surface area contributed by atoms with Gasteiger partial charge in [0.25, 0.3) is 5.91 Å². The van der Waals surface area contributed by atoms with Gasteiger partial charge in [0.15, 0.2) is 5.13 Å². The number of para-hydroxylation sites is 1. The Morgan fingerprint density at radius 2 is 1.51 bits per heavy atom. The minimum atomic E-state index is -0.739. The van der Waals surface area contributed by atoms with E-state index in [1.807, 2.05) is 94.4 Å². The first-order valence-corrected chi connectivity index (χ1v) is 29.3. The van der Waals surface area contributed by atoms with Gasteiger partial charge in [-0.15, -0.1) is 11.3 Å². The van der Waals surface area contributed by atoms with Crippen molar-refractivity contribution in [2.75, 3.05) is 54.8 Å². The third-order valence-electron chi connectivity index (χ3n) is 14.3. The molecule has 0 spiro atoms. The molecule has 0 saturated carbocycles. The van der Waals surface area contributed by atoms with E-state index < -0.39 is 18.2 Å². The first kappa shape index (κ1) is 58.2. The number of aliphatic hydroxyl groups excluding tert-OH is 1. The van der Waals surface area contributed by atoms with E-state index in [1.54, 1.807) is 22.3 Å². The number of halogens is 1. The summed E-state index contributed by atoms with van der Waals surface area (Å²) in [5, 5.41) is 24.3. The molecule has 19 heteroatoms. The summed E-state index contributed by atoms with van der Waals surface area (Å²) in [7, 11) is 0. The molecule has 16 nitrogen and oxygen atoms in total. The third-order valence-corrected chi connectivity index (χ3v) is 16.5. The molecule has 4 amide bonds. The number of nitrogens with one attached hydrogen (secondary N) is 4. The van der Waals surface area contributed by atoms with Gasteiger partial charge in [0.1, 0.15) is 28.4 Å². The van der Waals surface area contributed by atoms with Gasteiger partial charge in [0, 0.05) is 58.2 Å². The van der Waals surface area contributed by atoms with E-state index in [2.05, 4.69) is 46.1 Å². The van der Waals surface area contributed by atoms with Gasteiger partial charge in [-0.25, -0.2) is 19.9 Å². The van der Waals surface area contributed by atoms with Crippen LogP contribution in [0.15, 0.2) is 60.2 Å². The van der Waals surface area contributed by atoms with Crippen LogP contribution in [0.2, 0.25) is 5.02 Å². The summed E-state index contributed by atoms with van der Waals surface area (Å²) in [6, 6.07) is 14.3. The summed E-state index contributed by atoms with van der Waals surface area (Å²) < 4.78 is 0. The van der Waals surface area contributed by atoms with Crippen LogP contribution < -0.4 is 26.2 Å². The predicted molar refractivity (Wildman–Crippen MR) is 307 cm³/mol. The first-order valence-electron chi connectivity index (χ1n) is 27.2. The van der Waals surface area contributed by atoms with Gasteiger partial charge in [-0.05, 0) is 68.3 Å². The second kappa shape index (κ2) is 28.2. The van der Waals surface area contributed by atoms with Gasteiger partial charge >= 0.3 is 0 Å². The molecule has 0 radical (unpaired) electrons. The highest BCUT2D eigenvalue weighted by atomic mass is 35.5. The molecule has 5 heterocycles. The lowest BCUT2D eigenvalue weighted by molar-refractivity contribution is -0.142. The molecule has 2 saturated heterocycles. The minimum Gasteiger partial charge on any atom is -0.391 e. The van der Waals surface area contributed by atoms with Crippen molar-refractivity contribution in [3.63, 3.8) is 0 Å². The Hall–Kier alpha value is -5.53. The fourth-order valence-corrected chi connectivity index (χ4v) is 11.7. The Kier molecular flexibility index (Phi) is 21.6. The van der Waals surface area contributed by atoms with E-state index in [0.29, 0.717) is 71.5 Å². The Balaban J connectivity index is 0.702. The molecule has 3 aromatic heterocycles. The molecule has 2 aromatic carbocycles. The summed E-state index contributed by atoms with van der Waals surface area (Å²) in [5.41, 5.74) is 5.98. The van der Waals surface area contributed by atoms with Gasteiger partial charge in [0.2, 0.25) is 17.7 Å². The van der Waals surface area contributed by atoms with Crippen molar-refractivity contribution in [2.45, 2.75) is 156 Å². The second-order valence-corrected chi connectivity index (χ2v) is 23.7. The number of aryl methyl sites for hydroxylation is 3. The zero-order chi connectivity index (χ0) is 54.2. The van der Waals surface area contributed by atoms with Crippen molar-refractivity contribution in [1.29, 1.82) is 0 Å². The molecule has 410 valence electrons. The van der Waals surface area contributed by atoms with Crippen LogP contribution >= 0.6 is 34.3 Å². The average Bonchev–Trinajstić information content (AvgIpc) is 4.16. The van der Waals surface area contributed by atoms with Crippen LogP contribution in [0.5, 0.6) is 0 Å². The molecule has 2 aliphatic heterocycles. The number of likely N-dealkylation sites (tertiary alicyclic amines) is 1. The molecule has 0 unspecified atom stereocenters. The molecule has 7 rings (SSSR count). The number of unbranched alkanes of at least 4 members (excludes halogenated alkanes) is 11. The van der Waals surface area contributed by atoms with E-state index in [9.17, 15) is 24.3 Å². The maximum atomic E-state index is 14.0. The highest BCUT2D eigenvalue weighted by Crippen LogP contribution is 2.31. The fourth-order valence-electron chi connectivity index (χ4n) is 9.94. The van der Waals surface area contributed by atoms with E-state index in [4.69, 9.17) is 11.6 Å². The molecule has 2 aliphatic rings. The predicted octanol–water partition coefficient (Wildman–Crippen LogP) is 10.6. The lowest BCUT2D eigenvalue weighted by Crippen LogP contribution is -2.56. The van der Waals surface area contributed by atoms with E-state index in [-0.39, 0.29) is 42.0 Å². The molecule has 0 aliphatic carbocycles.